The fraction of sp³-hybridized carbons (Fsp3) is 0.0833. The molecule has 2 heterocycles. The largest absolute Gasteiger partial charge is 0.439 e. The maximum Gasteiger partial charge on any atom is 0.268 e. The molecule has 35 heavy (non-hydrogen) atoms. The highest BCUT2D eigenvalue weighted by Gasteiger charge is 2.21. The van der Waals surface area contributed by atoms with Gasteiger partial charge in [0.1, 0.15) is 23.0 Å². The van der Waals surface area contributed by atoms with E-state index in [0.717, 1.165) is 18.1 Å². The molecule has 0 bridgehead atoms. The molecular weight excluding hydrogens is 581 g/mol. The quantitative estimate of drug-likeness (QED) is 0.110. The van der Waals surface area contributed by atoms with E-state index in [-0.39, 0.29) is 6.54 Å². The Labute approximate surface area is 215 Å². The van der Waals surface area contributed by atoms with Crippen molar-refractivity contribution in [1.29, 1.82) is 10.8 Å². The molecule has 1 unspecified atom stereocenters. The minimum atomic E-state index is -0.413. The Hall–Kier alpha value is -3.37. The lowest BCUT2D eigenvalue weighted by atomic mass is 10.1. The van der Waals surface area contributed by atoms with Crippen molar-refractivity contribution in [2.45, 2.75) is 6.54 Å². The minimum Gasteiger partial charge on any atom is -0.439 e. The van der Waals surface area contributed by atoms with Crippen LogP contribution in [0.25, 0.3) is 10.9 Å². The van der Waals surface area contributed by atoms with Gasteiger partial charge in [0.25, 0.3) is 5.91 Å². The molecule has 4 N–H and O–H groups in total. The van der Waals surface area contributed by atoms with Crippen LogP contribution >= 0.6 is 28.4 Å². The fourth-order valence-corrected chi connectivity index (χ4v) is 4.92. The van der Waals surface area contributed by atoms with Gasteiger partial charge < -0.3 is 30.5 Å². The van der Waals surface area contributed by atoms with E-state index in [9.17, 15) is 9.18 Å². The van der Waals surface area contributed by atoms with Crippen LogP contribution in [-0.2, 0) is 13.6 Å². The Kier molecular flexibility index (Phi) is 7.72. The number of carbonyl (C=O) groups is 1. The lowest BCUT2D eigenvalue weighted by Gasteiger charge is -2.10. The first kappa shape index (κ1) is 24.7. The zero-order chi connectivity index (χ0) is 24.9. The number of anilines is 1. The van der Waals surface area contributed by atoms with E-state index in [1.54, 1.807) is 60.1 Å². The zero-order valence-electron chi connectivity index (χ0n) is 18.5. The van der Waals surface area contributed by atoms with Gasteiger partial charge in [-0.05, 0) is 46.3 Å². The summed E-state index contributed by atoms with van der Waals surface area (Å²) in [6, 6.07) is 15.1. The number of benzene rings is 2. The number of fused-ring (bicyclic) bond motifs is 1. The summed E-state index contributed by atoms with van der Waals surface area (Å²) in [7, 11) is 1.73. The van der Waals surface area contributed by atoms with Crippen LogP contribution in [0.1, 0.15) is 27.3 Å². The first-order valence-corrected chi connectivity index (χ1v) is 14.5. The molecule has 1 amide bonds. The predicted molar refractivity (Wildman–Crippen MR) is 147 cm³/mol. The Balaban J connectivity index is 1.63. The van der Waals surface area contributed by atoms with Gasteiger partial charge in [0, 0.05) is 61.0 Å². The van der Waals surface area contributed by atoms with Gasteiger partial charge in [-0.3, -0.25) is 4.79 Å². The number of nitrogens with zero attached hydrogens (tertiary/aromatic N) is 2. The average Bonchev–Trinajstić information content (AvgIpc) is 3.15. The number of nitrogens with one attached hydrogen (secondary N) is 4. The molecule has 0 saturated carbocycles. The lowest BCUT2D eigenvalue weighted by Crippen LogP contribution is -2.26. The van der Waals surface area contributed by atoms with Crippen LogP contribution in [0.15, 0.2) is 54.6 Å². The van der Waals surface area contributed by atoms with Crippen molar-refractivity contribution < 1.29 is 13.9 Å². The fourth-order valence-electron chi connectivity index (χ4n) is 3.73. The third kappa shape index (κ3) is 5.18. The maximum atomic E-state index is 13.9. The van der Waals surface area contributed by atoms with E-state index in [1.165, 1.54) is 6.07 Å². The first-order valence-electron chi connectivity index (χ1n) is 10.4. The lowest BCUT2D eigenvalue weighted by molar-refractivity contribution is 0.0942. The predicted octanol–water partition coefficient (Wildman–Crippen LogP) is 5.79. The van der Waals surface area contributed by atoms with Gasteiger partial charge in [-0.15, -0.1) is 0 Å². The molecule has 178 valence electrons. The van der Waals surface area contributed by atoms with Crippen molar-refractivity contribution in [1.82, 2.24) is 14.9 Å². The number of hydrogen-bond donors (Lipinski definition) is 4. The normalized spacial score (nSPS) is 11.1. The van der Waals surface area contributed by atoms with Crippen LogP contribution < -0.4 is 15.1 Å². The van der Waals surface area contributed by atoms with Gasteiger partial charge in [-0.2, -0.15) is 0 Å². The van der Waals surface area contributed by atoms with Crippen LogP contribution in [-0.4, -0.2) is 27.9 Å². The molecule has 0 aliphatic carbocycles. The van der Waals surface area contributed by atoms with E-state index in [2.05, 4.69) is 37.4 Å². The second-order valence-electron chi connectivity index (χ2n) is 7.47. The molecule has 0 radical (unpaired) electrons. The van der Waals surface area contributed by atoms with Crippen LogP contribution in [0.5, 0.6) is 11.6 Å². The Bertz CT molecular complexity index is 1440. The van der Waals surface area contributed by atoms with Crippen molar-refractivity contribution in [2.24, 2.45) is 7.05 Å². The monoisotopic (exact) mass is 602 g/mol. The molecule has 11 heteroatoms. The Morgan fingerprint density at radius 1 is 1.20 bits per heavy atom. The van der Waals surface area contributed by atoms with Gasteiger partial charge in [0.15, 0.2) is 0 Å². The molecule has 4 rings (SSSR count). The highest BCUT2D eigenvalue weighted by molar-refractivity contribution is 14.2. The van der Waals surface area contributed by atoms with Crippen LogP contribution in [0.4, 0.5) is 10.1 Å². The van der Waals surface area contributed by atoms with Gasteiger partial charge in [-0.25, -0.2) is 9.37 Å². The smallest absolute Gasteiger partial charge is 0.268 e. The number of aryl methyl sites for hydroxylation is 1. The zero-order valence-corrected chi connectivity index (χ0v) is 21.7. The van der Waals surface area contributed by atoms with E-state index in [0.29, 0.717) is 51.4 Å². The third-order valence-electron chi connectivity index (χ3n) is 5.41. The van der Waals surface area contributed by atoms with Crippen LogP contribution in [0.2, 0.25) is 0 Å². The Morgan fingerprint density at radius 3 is 2.71 bits per heavy atom. The SMILES string of the molecule is Cn1c(C(=O)NCc2ccccc2F)c(C=N)c2ccc(Oc3ccc(NPI)c(C=N)n3)cc21. The number of amides is 1. The second kappa shape index (κ2) is 10.9. The Morgan fingerprint density at radius 2 is 2.00 bits per heavy atom. The average molecular weight is 602 g/mol. The number of rotatable bonds is 9. The summed E-state index contributed by atoms with van der Waals surface area (Å²) in [5, 5.41) is 22.1. The molecule has 0 fully saturated rings. The number of ether oxygens (including phenoxy) is 1. The van der Waals surface area contributed by atoms with E-state index in [1.807, 2.05) is 0 Å². The summed E-state index contributed by atoms with van der Waals surface area (Å²) in [4.78, 5) is 17.4. The van der Waals surface area contributed by atoms with E-state index < -0.39 is 11.7 Å². The number of pyridine rings is 1. The number of halogens is 2. The van der Waals surface area contributed by atoms with Crippen molar-refractivity contribution in [3.8, 4) is 11.6 Å². The van der Waals surface area contributed by atoms with Gasteiger partial charge in [0.2, 0.25) is 5.88 Å². The van der Waals surface area contributed by atoms with E-state index >= 15 is 0 Å². The maximum absolute atomic E-state index is 13.9. The van der Waals surface area contributed by atoms with Crippen molar-refractivity contribution in [3.05, 3.63) is 82.9 Å². The molecule has 2 aromatic carbocycles. The van der Waals surface area contributed by atoms with Crippen LogP contribution in [0, 0.1) is 16.6 Å². The molecule has 0 spiro atoms. The molecule has 2 aromatic heterocycles. The van der Waals surface area contributed by atoms with E-state index in [4.69, 9.17) is 15.6 Å². The number of carbonyl (C=O) groups excluding carboxylic acids is 1. The third-order valence-corrected chi connectivity index (χ3v) is 6.58. The molecule has 4 aromatic rings. The van der Waals surface area contributed by atoms with Crippen molar-refractivity contribution in [2.75, 3.05) is 5.09 Å². The van der Waals surface area contributed by atoms with Crippen LogP contribution in [0.3, 0.4) is 0 Å². The molecule has 0 aliphatic rings. The second-order valence-corrected chi connectivity index (χ2v) is 9.52. The molecule has 0 saturated heterocycles. The van der Waals surface area contributed by atoms with Crippen molar-refractivity contribution in [3.63, 3.8) is 0 Å². The molecule has 1 atom stereocenters. The van der Waals surface area contributed by atoms with Gasteiger partial charge >= 0.3 is 0 Å². The standard InChI is InChI=1S/C24H21FIN6O2P/c1-32-21-10-15(34-22-9-8-19(31-35-26)20(12-28)30-22)6-7-16(21)17(11-27)23(32)24(33)29-13-14-4-2-3-5-18(14)25/h2-12,27-28,31,35H,13H2,1H3,(H,29,33). The topological polar surface area (TPSA) is 116 Å². The van der Waals surface area contributed by atoms with Crippen molar-refractivity contribution >= 4 is 63.3 Å². The summed E-state index contributed by atoms with van der Waals surface area (Å²) < 4.78 is 21.5. The summed E-state index contributed by atoms with van der Waals surface area (Å²) >= 11 is 2.20. The van der Waals surface area contributed by atoms with Gasteiger partial charge in [-0.1, -0.05) is 18.2 Å². The number of aromatic nitrogens is 2. The molecule has 0 aliphatic heterocycles. The van der Waals surface area contributed by atoms with Gasteiger partial charge in [0.05, 0.1) is 11.2 Å². The highest BCUT2D eigenvalue weighted by Crippen LogP contribution is 2.31. The minimum absolute atomic E-state index is 0.0305. The summed E-state index contributed by atoms with van der Waals surface area (Å²) in [6.07, 6.45) is 2.74. The number of hydrogen-bond acceptors (Lipinski definition) is 6. The summed E-state index contributed by atoms with van der Waals surface area (Å²) in [5.74, 6) is 0.0175. The highest BCUT2D eigenvalue weighted by atomic mass is 127. The first-order chi connectivity index (χ1) is 17.0. The molecular formula is C24H21FIN6O2P. The summed E-state index contributed by atoms with van der Waals surface area (Å²) in [6.45, 7) is 0.0305. The summed E-state index contributed by atoms with van der Waals surface area (Å²) in [5.41, 5.74) is 3.03. The molecule has 8 nitrogen and oxygen atoms in total.